The SMILES string of the molecule is CC(C)Sc1ccc(N)c(CC#N)c1. The van der Waals surface area contributed by atoms with Gasteiger partial charge in [-0.15, -0.1) is 11.8 Å². The van der Waals surface area contributed by atoms with E-state index in [0.29, 0.717) is 17.4 Å². The zero-order chi connectivity index (χ0) is 10.6. The lowest BCUT2D eigenvalue weighted by molar-refractivity contribution is 1.11. The van der Waals surface area contributed by atoms with Gasteiger partial charge in [0.1, 0.15) is 0 Å². The van der Waals surface area contributed by atoms with Crippen LogP contribution in [0.1, 0.15) is 19.4 Å². The van der Waals surface area contributed by atoms with E-state index in [0.717, 1.165) is 5.56 Å². The van der Waals surface area contributed by atoms with Crippen LogP contribution in [0.2, 0.25) is 0 Å². The smallest absolute Gasteiger partial charge is 0.0670 e. The fourth-order valence-corrected chi connectivity index (χ4v) is 2.07. The Bertz CT molecular complexity index is 353. The van der Waals surface area contributed by atoms with Gasteiger partial charge >= 0.3 is 0 Å². The van der Waals surface area contributed by atoms with E-state index in [1.54, 1.807) is 11.8 Å². The molecule has 0 atom stereocenters. The summed E-state index contributed by atoms with van der Waals surface area (Å²) in [4.78, 5) is 1.18. The lowest BCUT2D eigenvalue weighted by Gasteiger charge is -2.07. The predicted octanol–water partition coefficient (Wildman–Crippen LogP) is 2.84. The molecule has 0 unspecified atom stereocenters. The molecule has 3 heteroatoms. The predicted molar refractivity (Wildman–Crippen MR) is 61.2 cm³/mol. The standard InChI is InChI=1S/C11H14N2S/c1-8(2)14-10-3-4-11(13)9(7-10)5-6-12/h3-4,7-8H,5,13H2,1-2H3. The molecule has 74 valence electrons. The first-order valence-electron chi connectivity index (χ1n) is 4.55. The molecule has 0 aromatic heterocycles. The maximum absolute atomic E-state index is 8.60. The van der Waals surface area contributed by atoms with Crippen LogP contribution in [0.3, 0.4) is 0 Å². The molecule has 1 aromatic carbocycles. The third kappa shape index (κ3) is 2.97. The molecule has 14 heavy (non-hydrogen) atoms. The van der Waals surface area contributed by atoms with Crippen LogP contribution in [0, 0.1) is 11.3 Å². The van der Waals surface area contributed by atoms with E-state index >= 15 is 0 Å². The summed E-state index contributed by atoms with van der Waals surface area (Å²) in [5, 5.41) is 9.15. The molecule has 0 saturated carbocycles. The summed E-state index contributed by atoms with van der Waals surface area (Å²) in [5.41, 5.74) is 7.38. The second-order valence-corrected chi connectivity index (χ2v) is 5.01. The number of benzene rings is 1. The largest absolute Gasteiger partial charge is 0.398 e. The highest BCUT2D eigenvalue weighted by molar-refractivity contribution is 7.99. The highest BCUT2D eigenvalue weighted by atomic mass is 32.2. The van der Waals surface area contributed by atoms with E-state index in [9.17, 15) is 0 Å². The minimum atomic E-state index is 0.387. The molecule has 0 fully saturated rings. The first-order chi connectivity index (χ1) is 6.63. The average Bonchev–Trinajstić information content (AvgIpc) is 2.10. The summed E-state index contributed by atoms with van der Waals surface area (Å²) < 4.78 is 0. The van der Waals surface area contributed by atoms with Crippen LogP contribution in [-0.2, 0) is 6.42 Å². The number of nitrogens with zero attached hydrogens (tertiary/aromatic N) is 1. The van der Waals surface area contributed by atoms with Crippen LogP contribution < -0.4 is 5.73 Å². The zero-order valence-corrected chi connectivity index (χ0v) is 9.27. The summed E-state index contributed by atoms with van der Waals surface area (Å²) in [6, 6.07) is 7.99. The van der Waals surface area contributed by atoms with Gasteiger partial charge in [-0.2, -0.15) is 5.26 Å². The average molecular weight is 206 g/mol. The number of thioether (sulfide) groups is 1. The molecule has 0 aliphatic heterocycles. The van der Waals surface area contributed by atoms with Crippen molar-refractivity contribution in [1.82, 2.24) is 0 Å². The topological polar surface area (TPSA) is 49.8 Å². The minimum absolute atomic E-state index is 0.387. The molecule has 0 amide bonds. The highest BCUT2D eigenvalue weighted by Gasteiger charge is 2.02. The number of nitrogen functional groups attached to an aromatic ring is 1. The molecule has 0 bridgehead atoms. The summed E-state index contributed by atoms with van der Waals surface area (Å²) in [5.74, 6) is 0. The van der Waals surface area contributed by atoms with Crippen molar-refractivity contribution in [2.45, 2.75) is 30.4 Å². The Morgan fingerprint density at radius 3 is 2.79 bits per heavy atom. The van der Waals surface area contributed by atoms with Crippen molar-refractivity contribution in [3.63, 3.8) is 0 Å². The normalized spacial score (nSPS) is 10.1. The van der Waals surface area contributed by atoms with Crippen LogP contribution in [0.25, 0.3) is 0 Å². The Hall–Kier alpha value is -1.14. The molecule has 2 N–H and O–H groups in total. The van der Waals surface area contributed by atoms with Crippen LogP contribution >= 0.6 is 11.8 Å². The molecule has 0 spiro atoms. The third-order valence-electron chi connectivity index (χ3n) is 1.76. The molecule has 2 nitrogen and oxygen atoms in total. The van der Waals surface area contributed by atoms with Gasteiger partial charge in [-0.05, 0) is 23.8 Å². The molecule has 0 aliphatic rings. The number of hydrogen-bond donors (Lipinski definition) is 1. The summed E-state index contributed by atoms with van der Waals surface area (Å²) in [6.07, 6.45) is 0.387. The van der Waals surface area contributed by atoms with Gasteiger partial charge in [0.05, 0.1) is 12.5 Å². The summed E-state index contributed by atoms with van der Waals surface area (Å²) in [6.45, 7) is 4.29. The van der Waals surface area contributed by atoms with Crippen molar-refractivity contribution in [3.8, 4) is 6.07 Å². The number of nitriles is 1. The Morgan fingerprint density at radius 2 is 2.21 bits per heavy atom. The van der Waals surface area contributed by atoms with Crippen molar-refractivity contribution < 1.29 is 0 Å². The molecular formula is C11H14N2S. The van der Waals surface area contributed by atoms with E-state index in [1.807, 2.05) is 18.2 Å². The lowest BCUT2D eigenvalue weighted by atomic mass is 10.1. The van der Waals surface area contributed by atoms with E-state index in [1.165, 1.54) is 4.90 Å². The van der Waals surface area contributed by atoms with Crippen LogP contribution in [0.4, 0.5) is 5.69 Å². The van der Waals surface area contributed by atoms with Crippen molar-refractivity contribution in [2.24, 2.45) is 0 Å². The van der Waals surface area contributed by atoms with Gasteiger partial charge in [0.15, 0.2) is 0 Å². The molecule has 1 rings (SSSR count). The zero-order valence-electron chi connectivity index (χ0n) is 8.45. The summed E-state index contributed by atoms with van der Waals surface area (Å²) >= 11 is 1.78. The Kier molecular flexibility index (Phi) is 3.84. The highest BCUT2D eigenvalue weighted by Crippen LogP contribution is 2.26. The van der Waals surface area contributed by atoms with Gasteiger partial charge in [-0.3, -0.25) is 0 Å². The molecule has 1 aromatic rings. The molecular weight excluding hydrogens is 192 g/mol. The van der Waals surface area contributed by atoms with Crippen molar-refractivity contribution in [2.75, 3.05) is 5.73 Å². The van der Waals surface area contributed by atoms with Gasteiger partial charge in [0, 0.05) is 15.8 Å². The number of rotatable bonds is 3. The second kappa shape index (κ2) is 4.92. The van der Waals surface area contributed by atoms with Gasteiger partial charge in [0.2, 0.25) is 0 Å². The van der Waals surface area contributed by atoms with Gasteiger partial charge < -0.3 is 5.73 Å². The van der Waals surface area contributed by atoms with Crippen LogP contribution in [0.15, 0.2) is 23.1 Å². The van der Waals surface area contributed by atoms with E-state index in [2.05, 4.69) is 19.9 Å². The lowest BCUT2D eigenvalue weighted by Crippen LogP contribution is -1.94. The first kappa shape index (κ1) is 10.9. The van der Waals surface area contributed by atoms with Crippen molar-refractivity contribution >= 4 is 17.4 Å². The number of hydrogen-bond acceptors (Lipinski definition) is 3. The van der Waals surface area contributed by atoms with Gasteiger partial charge in [-0.25, -0.2) is 0 Å². The van der Waals surface area contributed by atoms with Crippen molar-refractivity contribution in [1.29, 1.82) is 5.26 Å². The molecule has 0 radical (unpaired) electrons. The Balaban J connectivity index is 2.89. The van der Waals surface area contributed by atoms with E-state index < -0.39 is 0 Å². The number of nitrogens with two attached hydrogens (primary N) is 1. The van der Waals surface area contributed by atoms with Crippen LogP contribution in [0.5, 0.6) is 0 Å². The van der Waals surface area contributed by atoms with Gasteiger partial charge in [0.25, 0.3) is 0 Å². The Labute approximate surface area is 89.1 Å². The molecule has 0 heterocycles. The van der Waals surface area contributed by atoms with Crippen LogP contribution in [-0.4, -0.2) is 5.25 Å². The number of anilines is 1. The first-order valence-corrected chi connectivity index (χ1v) is 5.43. The third-order valence-corrected chi connectivity index (χ3v) is 2.75. The molecule has 0 aliphatic carbocycles. The fraction of sp³-hybridized carbons (Fsp3) is 0.364. The fourth-order valence-electron chi connectivity index (χ4n) is 1.17. The molecule has 0 saturated heterocycles. The minimum Gasteiger partial charge on any atom is -0.398 e. The maximum Gasteiger partial charge on any atom is 0.0670 e. The Morgan fingerprint density at radius 1 is 1.50 bits per heavy atom. The van der Waals surface area contributed by atoms with Crippen molar-refractivity contribution in [3.05, 3.63) is 23.8 Å². The maximum atomic E-state index is 8.60. The van der Waals surface area contributed by atoms with E-state index in [4.69, 9.17) is 11.0 Å². The summed E-state index contributed by atoms with van der Waals surface area (Å²) in [7, 11) is 0. The quantitative estimate of drug-likeness (QED) is 0.611. The van der Waals surface area contributed by atoms with E-state index in [-0.39, 0.29) is 0 Å². The van der Waals surface area contributed by atoms with Gasteiger partial charge in [-0.1, -0.05) is 13.8 Å². The monoisotopic (exact) mass is 206 g/mol. The second-order valence-electron chi connectivity index (χ2n) is 3.36.